The number of benzene rings is 1. The lowest BCUT2D eigenvalue weighted by atomic mass is 10.0. The van der Waals surface area contributed by atoms with Gasteiger partial charge in [-0.3, -0.25) is 9.59 Å². The van der Waals surface area contributed by atoms with Gasteiger partial charge in [-0.05, 0) is 6.92 Å². The van der Waals surface area contributed by atoms with Crippen LogP contribution < -0.4 is 0 Å². The number of hydrogen-bond donors (Lipinski definition) is 0. The Morgan fingerprint density at radius 3 is 2.20 bits per heavy atom. The van der Waals surface area contributed by atoms with Crippen LogP contribution in [0, 0.1) is 0 Å². The van der Waals surface area contributed by atoms with E-state index in [4.69, 9.17) is 4.74 Å². The molecule has 3 nitrogen and oxygen atoms in total. The molecule has 1 aromatic carbocycles. The van der Waals surface area contributed by atoms with Crippen molar-refractivity contribution < 1.29 is 14.3 Å². The molecule has 0 saturated carbocycles. The van der Waals surface area contributed by atoms with Gasteiger partial charge in [0.1, 0.15) is 0 Å². The van der Waals surface area contributed by atoms with Gasteiger partial charge < -0.3 is 4.74 Å². The lowest BCUT2D eigenvalue weighted by molar-refractivity contribution is 0.0941. The molecule has 0 heterocycles. The van der Waals surface area contributed by atoms with Crippen molar-refractivity contribution in [3.63, 3.8) is 0 Å². The fourth-order valence-electron chi connectivity index (χ4n) is 1.23. The Kier molecular flexibility index (Phi) is 3.39. The Hall–Kier alpha value is -1.90. The minimum Gasteiger partial charge on any atom is -0.493 e. The summed E-state index contributed by atoms with van der Waals surface area (Å²) in [4.78, 5) is 23.0. The molecule has 3 heteroatoms. The van der Waals surface area contributed by atoms with Gasteiger partial charge in [0, 0.05) is 11.1 Å². The van der Waals surface area contributed by atoms with Gasteiger partial charge in [0.25, 0.3) is 0 Å². The van der Waals surface area contributed by atoms with Gasteiger partial charge in [0.05, 0.1) is 7.11 Å². The highest BCUT2D eigenvalue weighted by Crippen LogP contribution is 2.14. The third-order valence-corrected chi connectivity index (χ3v) is 2.05. The molecule has 0 aliphatic rings. The van der Waals surface area contributed by atoms with E-state index in [1.165, 1.54) is 14.0 Å². The highest BCUT2D eigenvalue weighted by Gasteiger charge is 2.16. The molecule has 15 heavy (non-hydrogen) atoms. The Bertz CT molecular complexity index is 419. The molecule has 0 aromatic heterocycles. The van der Waals surface area contributed by atoms with Crippen molar-refractivity contribution >= 4 is 11.6 Å². The monoisotopic (exact) mass is 204 g/mol. The van der Waals surface area contributed by atoms with Crippen LogP contribution in [0.2, 0.25) is 0 Å². The average molecular weight is 204 g/mol. The first-order valence-corrected chi connectivity index (χ1v) is 4.45. The lowest BCUT2D eigenvalue weighted by Crippen LogP contribution is -2.09. The third kappa shape index (κ3) is 2.31. The Morgan fingerprint density at radius 2 is 1.73 bits per heavy atom. The maximum atomic E-state index is 11.7. The van der Waals surface area contributed by atoms with Gasteiger partial charge in [0.2, 0.25) is 5.78 Å². The van der Waals surface area contributed by atoms with Crippen molar-refractivity contribution in [1.82, 2.24) is 0 Å². The minimum atomic E-state index is -0.358. The van der Waals surface area contributed by atoms with Crippen molar-refractivity contribution in [2.24, 2.45) is 0 Å². The molecule has 0 radical (unpaired) electrons. The number of ketones is 2. The SMILES string of the molecule is C=C(OC)C(=O)c1ccccc1C(C)=O. The summed E-state index contributed by atoms with van der Waals surface area (Å²) in [5.41, 5.74) is 0.720. The van der Waals surface area contributed by atoms with E-state index < -0.39 is 0 Å². The molecule has 1 aromatic rings. The second kappa shape index (κ2) is 4.55. The van der Waals surface area contributed by atoms with Gasteiger partial charge in [-0.1, -0.05) is 30.8 Å². The van der Waals surface area contributed by atoms with Crippen LogP contribution in [0.4, 0.5) is 0 Å². The molecule has 0 aliphatic heterocycles. The topological polar surface area (TPSA) is 43.4 Å². The predicted octanol–water partition coefficient (Wildman–Crippen LogP) is 2.23. The molecular formula is C12H12O3. The summed E-state index contributed by atoms with van der Waals surface area (Å²) in [6.45, 7) is 4.89. The van der Waals surface area contributed by atoms with Crippen LogP contribution in [0.3, 0.4) is 0 Å². The normalized spacial score (nSPS) is 9.47. The van der Waals surface area contributed by atoms with E-state index in [1.807, 2.05) is 0 Å². The summed E-state index contributed by atoms with van der Waals surface area (Å²) in [6, 6.07) is 6.60. The summed E-state index contributed by atoms with van der Waals surface area (Å²) in [5, 5.41) is 0. The number of allylic oxidation sites excluding steroid dienone is 1. The first-order valence-electron chi connectivity index (χ1n) is 4.45. The Morgan fingerprint density at radius 1 is 1.20 bits per heavy atom. The highest BCUT2D eigenvalue weighted by molar-refractivity contribution is 6.13. The van der Waals surface area contributed by atoms with E-state index in [-0.39, 0.29) is 17.3 Å². The lowest BCUT2D eigenvalue weighted by Gasteiger charge is -2.06. The van der Waals surface area contributed by atoms with Crippen LogP contribution in [-0.2, 0) is 4.74 Å². The van der Waals surface area contributed by atoms with E-state index in [0.717, 1.165) is 0 Å². The number of carbonyl (C=O) groups excluding carboxylic acids is 2. The van der Waals surface area contributed by atoms with Crippen LogP contribution in [0.1, 0.15) is 27.6 Å². The minimum absolute atomic E-state index is 0.0312. The molecule has 0 amide bonds. The molecule has 0 atom stereocenters. The number of rotatable bonds is 4. The van der Waals surface area contributed by atoms with Crippen LogP contribution in [-0.4, -0.2) is 18.7 Å². The quantitative estimate of drug-likeness (QED) is 0.429. The summed E-state index contributed by atoms with van der Waals surface area (Å²) in [5.74, 6) is -0.477. The zero-order chi connectivity index (χ0) is 11.4. The van der Waals surface area contributed by atoms with Crippen LogP contribution in [0.15, 0.2) is 36.6 Å². The number of hydrogen-bond acceptors (Lipinski definition) is 3. The summed E-state index contributed by atoms with van der Waals surface area (Å²) in [6.07, 6.45) is 0. The number of ether oxygens (including phenoxy) is 1. The van der Waals surface area contributed by atoms with Crippen LogP contribution in [0.5, 0.6) is 0 Å². The number of Topliss-reactive ketones (excluding diaryl/α,β-unsaturated/α-hetero) is 2. The second-order valence-corrected chi connectivity index (χ2v) is 3.06. The molecule has 0 bridgehead atoms. The van der Waals surface area contributed by atoms with Gasteiger partial charge in [0.15, 0.2) is 11.5 Å². The van der Waals surface area contributed by atoms with Crippen molar-refractivity contribution in [2.75, 3.05) is 7.11 Å². The largest absolute Gasteiger partial charge is 0.493 e. The van der Waals surface area contributed by atoms with E-state index >= 15 is 0 Å². The maximum Gasteiger partial charge on any atom is 0.227 e. The van der Waals surface area contributed by atoms with Crippen molar-refractivity contribution in [2.45, 2.75) is 6.92 Å². The highest BCUT2D eigenvalue weighted by atomic mass is 16.5. The van der Waals surface area contributed by atoms with E-state index in [2.05, 4.69) is 6.58 Å². The number of carbonyl (C=O) groups is 2. The van der Waals surface area contributed by atoms with Crippen molar-refractivity contribution in [3.05, 3.63) is 47.7 Å². The molecular weight excluding hydrogens is 192 g/mol. The zero-order valence-corrected chi connectivity index (χ0v) is 8.74. The standard InChI is InChI=1S/C12H12O3/c1-8(13)10-6-4-5-7-11(10)12(14)9(2)15-3/h4-7H,2H2,1,3H3. The first-order chi connectivity index (χ1) is 7.07. The number of methoxy groups -OCH3 is 1. The van der Waals surface area contributed by atoms with E-state index in [1.54, 1.807) is 24.3 Å². The Labute approximate surface area is 88.4 Å². The van der Waals surface area contributed by atoms with E-state index in [9.17, 15) is 9.59 Å². The van der Waals surface area contributed by atoms with Crippen LogP contribution >= 0.6 is 0 Å². The summed E-state index contributed by atoms with van der Waals surface area (Å²) in [7, 11) is 1.37. The summed E-state index contributed by atoms with van der Waals surface area (Å²) >= 11 is 0. The first kappa shape index (κ1) is 11.2. The summed E-state index contributed by atoms with van der Waals surface area (Å²) < 4.78 is 4.75. The third-order valence-electron chi connectivity index (χ3n) is 2.05. The van der Waals surface area contributed by atoms with Gasteiger partial charge in [-0.15, -0.1) is 0 Å². The average Bonchev–Trinajstić information content (AvgIpc) is 2.27. The van der Waals surface area contributed by atoms with Gasteiger partial charge in [-0.2, -0.15) is 0 Å². The fourth-order valence-corrected chi connectivity index (χ4v) is 1.23. The smallest absolute Gasteiger partial charge is 0.227 e. The molecule has 0 spiro atoms. The maximum absolute atomic E-state index is 11.7. The molecule has 78 valence electrons. The van der Waals surface area contributed by atoms with Crippen LogP contribution in [0.25, 0.3) is 0 Å². The second-order valence-electron chi connectivity index (χ2n) is 3.06. The van der Waals surface area contributed by atoms with Gasteiger partial charge >= 0.3 is 0 Å². The zero-order valence-electron chi connectivity index (χ0n) is 8.74. The predicted molar refractivity (Wildman–Crippen MR) is 56.9 cm³/mol. The van der Waals surface area contributed by atoms with Crippen molar-refractivity contribution in [1.29, 1.82) is 0 Å². The molecule has 0 aliphatic carbocycles. The molecule has 0 N–H and O–H groups in total. The van der Waals surface area contributed by atoms with Crippen molar-refractivity contribution in [3.8, 4) is 0 Å². The molecule has 0 unspecified atom stereocenters. The molecule has 1 rings (SSSR count). The molecule has 0 fully saturated rings. The van der Waals surface area contributed by atoms with E-state index in [0.29, 0.717) is 11.1 Å². The van der Waals surface area contributed by atoms with Gasteiger partial charge in [-0.25, -0.2) is 0 Å². The molecule has 0 saturated heterocycles. The fraction of sp³-hybridized carbons (Fsp3) is 0.167. The Balaban J connectivity index is 3.19.